The van der Waals surface area contributed by atoms with Crippen LogP contribution in [0, 0.1) is 0 Å². The van der Waals surface area contributed by atoms with E-state index < -0.39 is 5.91 Å². The minimum absolute atomic E-state index is 0.0105. The van der Waals surface area contributed by atoms with Crippen molar-refractivity contribution >= 4 is 29.1 Å². The summed E-state index contributed by atoms with van der Waals surface area (Å²) in [6.07, 6.45) is 0.557. The number of hydrogen-bond acceptors (Lipinski definition) is 4. The molecule has 21 heavy (non-hydrogen) atoms. The molecule has 0 saturated carbocycles. The molecule has 0 saturated heterocycles. The lowest BCUT2D eigenvalue weighted by atomic mass is 10.3. The number of aromatic nitrogens is 3. The predicted octanol–water partition coefficient (Wildman–Crippen LogP) is 1.86. The number of halogens is 2. The van der Waals surface area contributed by atoms with E-state index in [1.807, 2.05) is 6.92 Å². The number of hydrogen-bond donors (Lipinski definition) is 2. The van der Waals surface area contributed by atoms with E-state index >= 15 is 0 Å². The highest BCUT2D eigenvalue weighted by Gasteiger charge is 2.19. The van der Waals surface area contributed by atoms with E-state index in [2.05, 4.69) is 15.4 Å². The van der Waals surface area contributed by atoms with Gasteiger partial charge in [-0.15, -0.1) is 5.10 Å². The van der Waals surface area contributed by atoms with Crippen LogP contribution in [0.25, 0.3) is 5.69 Å². The zero-order valence-corrected chi connectivity index (χ0v) is 12.8. The van der Waals surface area contributed by atoms with Crippen molar-refractivity contribution in [1.29, 1.82) is 0 Å². The molecule has 0 fully saturated rings. The van der Waals surface area contributed by atoms with Crippen LogP contribution >= 0.6 is 23.2 Å². The second-order valence-corrected chi connectivity index (χ2v) is 4.98. The minimum atomic E-state index is -0.458. The van der Waals surface area contributed by atoms with Crippen LogP contribution in [0.5, 0.6) is 0 Å². The van der Waals surface area contributed by atoms with E-state index in [0.717, 1.165) is 0 Å². The maximum Gasteiger partial charge on any atom is 0.291 e. The number of rotatable bonds is 5. The number of aryl methyl sites for hydroxylation is 1. The first kappa shape index (κ1) is 15.8. The fraction of sp³-hybridized carbons (Fsp3) is 0.308. The van der Waals surface area contributed by atoms with Crippen LogP contribution in [-0.2, 0) is 6.42 Å². The summed E-state index contributed by atoms with van der Waals surface area (Å²) in [5, 5.41) is 16.2. The van der Waals surface area contributed by atoms with Gasteiger partial charge in [-0.2, -0.15) is 0 Å². The molecule has 2 N–H and O–H groups in total. The van der Waals surface area contributed by atoms with Crippen molar-refractivity contribution in [1.82, 2.24) is 20.1 Å². The third kappa shape index (κ3) is 3.34. The molecule has 1 aromatic carbocycles. The molecule has 0 bridgehead atoms. The van der Waals surface area contributed by atoms with Gasteiger partial charge in [0, 0.05) is 13.0 Å². The number of para-hydroxylation sites is 1. The van der Waals surface area contributed by atoms with Crippen molar-refractivity contribution in [3.05, 3.63) is 39.9 Å². The van der Waals surface area contributed by atoms with Gasteiger partial charge in [0.05, 0.1) is 16.7 Å². The molecule has 0 aliphatic rings. The Morgan fingerprint density at radius 2 is 2.05 bits per heavy atom. The van der Waals surface area contributed by atoms with Crippen LogP contribution in [0.1, 0.15) is 23.4 Å². The van der Waals surface area contributed by atoms with Gasteiger partial charge in [-0.25, -0.2) is 9.67 Å². The summed E-state index contributed by atoms with van der Waals surface area (Å²) in [5.41, 5.74) is 0.492. The highest BCUT2D eigenvalue weighted by molar-refractivity contribution is 6.37. The number of nitrogens with zero attached hydrogens (tertiary/aromatic N) is 3. The zero-order chi connectivity index (χ0) is 15.4. The number of benzene rings is 1. The molecule has 2 rings (SSSR count). The second kappa shape index (κ2) is 6.89. The normalized spacial score (nSPS) is 10.7. The summed E-state index contributed by atoms with van der Waals surface area (Å²) < 4.78 is 1.47. The van der Waals surface area contributed by atoms with Gasteiger partial charge >= 0.3 is 0 Å². The van der Waals surface area contributed by atoms with Gasteiger partial charge in [0.1, 0.15) is 11.5 Å². The van der Waals surface area contributed by atoms with Crippen LogP contribution in [0.2, 0.25) is 10.0 Å². The standard InChI is InChI=1S/C13H14Cl2N4O2/c1-2-10-17-12(13(21)16-6-7-20)18-19(10)11-8(14)4-3-5-9(11)15/h3-5,20H,2,6-7H2,1H3,(H,16,21). The van der Waals surface area contributed by atoms with Gasteiger partial charge in [0.2, 0.25) is 5.82 Å². The maximum absolute atomic E-state index is 11.9. The molecular weight excluding hydrogens is 315 g/mol. The van der Waals surface area contributed by atoms with Crippen LogP contribution in [-0.4, -0.2) is 38.9 Å². The fourth-order valence-electron chi connectivity index (χ4n) is 1.79. The molecule has 8 heteroatoms. The summed E-state index contributed by atoms with van der Waals surface area (Å²) in [6.45, 7) is 1.88. The first-order valence-electron chi connectivity index (χ1n) is 6.37. The third-order valence-electron chi connectivity index (χ3n) is 2.74. The largest absolute Gasteiger partial charge is 0.395 e. The smallest absolute Gasteiger partial charge is 0.291 e. The highest BCUT2D eigenvalue weighted by atomic mass is 35.5. The summed E-state index contributed by atoms with van der Waals surface area (Å²) in [6, 6.07) is 5.11. The Hall–Kier alpha value is -1.63. The zero-order valence-electron chi connectivity index (χ0n) is 11.3. The Bertz CT molecular complexity index is 637. The third-order valence-corrected chi connectivity index (χ3v) is 3.35. The minimum Gasteiger partial charge on any atom is -0.395 e. The number of aliphatic hydroxyl groups excluding tert-OH is 1. The molecular formula is C13H14Cl2N4O2. The Labute approximate surface area is 131 Å². The monoisotopic (exact) mass is 328 g/mol. The average molecular weight is 329 g/mol. The quantitative estimate of drug-likeness (QED) is 0.877. The molecule has 2 aromatic rings. The summed E-state index contributed by atoms with van der Waals surface area (Å²) in [7, 11) is 0. The molecule has 0 unspecified atom stereocenters. The van der Waals surface area contributed by atoms with Crippen LogP contribution in [0.3, 0.4) is 0 Å². The van der Waals surface area contributed by atoms with E-state index in [1.165, 1.54) is 4.68 Å². The first-order chi connectivity index (χ1) is 10.1. The number of carbonyl (C=O) groups is 1. The molecule has 6 nitrogen and oxygen atoms in total. The number of nitrogens with one attached hydrogen (secondary N) is 1. The average Bonchev–Trinajstić information content (AvgIpc) is 2.88. The maximum atomic E-state index is 11.9. The van der Waals surface area contributed by atoms with Gasteiger partial charge in [0.25, 0.3) is 5.91 Å². The van der Waals surface area contributed by atoms with Crippen molar-refractivity contribution in [2.75, 3.05) is 13.2 Å². The van der Waals surface area contributed by atoms with Crippen molar-refractivity contribution in [2.45, 2.75) is 13.3 Å². The Morgan fingerprint density at radius 3 is 2.62 bits per heavy atom. The van der Waals surface area contributed by atoms with Crippen LogP contribution in [0.15, 0.2) is 18.2 Å². The first-order valence-corrected chi connectivity index (χ1v) is 7.13. The summed E-state index contributed by atoms with van der Waals surface area (Å²) in [4.78, 5) is 16.0. The lowest BCUT2D eigenvalue weighted by Crippen LogP contribution is -2.27. The fourth-order valence-corrected chi connectivity index (χ4v) is 2.35. The second-order valence-electron chi connectivity index (χ2n) is 4.17. The Balaban J connectivity index is 2.45. The van der Waals surface area contributed by atoms with Gasteiger partial charge in [-0.05, 0) is 12.1 Å². The van der Waals surface area contributed by atoms with E-state index in [1.54, 1.807) is 18.2 Å². The SMILES string of the molecule is CCc1nc(C(=O)NCCO)nn1-c1c(Cl)cccc1Cl. The van der Waals surface area contributed by atoms with E-state index in [9.17, 15) is 4.79 Å². The van der Waals surface area contributed by atoms with Gasteiger partial charge in [0.15, 0.2) is 0 Å². The number of carbonyl (C=O) groups excluding carboxylic acids is 1. The van der Waals surface area contributed by atoms with Gasteiger partial charge in [-0.1, -0.05) is 36.2 Å². The molecule has 0 aliphatic heterocycles. The van der Waals surface area contributed by atoms with E-state index in [0.29, 0.717) is 28.0 Å². The summed E-state index contributed by atoms with van der Waals surface area (Å²) >= 11 is 12.3. The number of aliphatic hydroxyl groups is 1. The Morgan fingerprint density at radius 1 is 1.38 bits per heavy atom. The van der Waals surface area contributed by atoms with Crippen molar-refractivity contribution in [3.63, 3.8) is 0 Å². The number of amides is 1. The van der Waals surface area contributed by atoms with Crippen molar-refractivity contribution in [3.8, 4) is 5.69 Å². The molecule has 0 spiro atoms. The molecule has 0 aliphatic carbocycles. The van der Waals surface area contributed by atoms with E-state index in [-0.39, 0.29) is 19.0 Å². The molecule has 0 atom stereocenters. The Kier molecular flexibility index (Phi) is 5.17. The van der Waals surface area contributed by atoms with Crippen molar-refractivity contribution in [2.24, 2.45) is 0 Å². The molecule has 1 amide bonds. The van der Waals surface area contributed by atoms with E-state index in [4.69, 9.17) is 28.3 Å². The summed E-state index contributed by atoms with van der Waals surface area (Å²) in [5.74, 6) is 0.121. The molecule has 1 heterocycles. The topological polar surface area (TPSA) is 80.0 Å². The predicted molar refractivity (Wildman–Crippen MR) is 80.2 cm³/mol. The van der Waals surface area contributed by atoms with Gasteiger partial charge < -0.3 is 10.4 Å². The lowest BCUT2D eigenvalue weighted by molar-refractivity contribution is 0.0934. The van der Waals surface area contributed by atoms with Crippen LogP contribution in [0.4, 0.5) is 0 Å². The molecule has 112 valence electrons. The molecule has 1 aromatic heterocycles. The highest BCUT2D eigenvalue weighted by Crippen LogP contribution is 2.28. The lowest BCUT2D eigenvalue weighted by Gasteiger charge is -2.08. The van der Waals surface area contributed by atoms with Crippen LogP contribution < -0.4 is 5.32 Å². The van der Waals surface area contributed by atoms with Gasteiger partial charge in [-0.3, -0.25) is 4.79 Å². The molecule has 0 radical (unpaired) electrons. The van der Waals surface area contributed by atoms with Crippen molar-refractivity contribution < 1.29 is 9.90 Å².